The van der Waals surface area contributed by atoms with Crippen molar-refractivity contribution in [3.8, 4) is 0 Å². The minimum Gasteiger partial charge on any atom is -0.353 e. The summed E-state index contributed by atoms with van der Waals surface area (Å²) < 4.78 is 10.1. The van der Waals surface area contributed by atoms with Crippen LogP contribution in [0.5, 0.6) is 0 Å². The van der Waals surface area contributed by atoms with Crippen LogP contribution in [0.15, 0.2) is 37.4 Å². The molecule has 0 atom stereocenters. The highest BCUT2D eigenvalue weighted by Gasteiger charge is 2.18. The summed E-state index contributed by atoms with van der Waals surface area (Å²) in [6.07, 6.45) is 7.57. The fourth-order valence-corrected chi connectivity index (χ4v) is 3.12. The number of carbonyl (C=O) groups excluding carboxylic acids is 1. The number of hydrogen-bond donors (Lipinski definition) is 0. The number of benzene rings is 1. The molecule has 148 valence electrons. The summed E-state index contributed by atoms with van der Waals surface area (Å²) in [6, 6.07) is 8.05. The van der Waals surface area contributed by atoms with Gasteiger partial charge in [-0.1, -0.05) is 44.0 Å². The molecule has 1 aliphatic rings. The molecule has 26 heavy (non-hydrogen) atoms. The van der Waals surface area contributed by atoms with Gasteiger partial charge in [0.2, 0.25) is 0 Å². The van der Waals surface area contributed by atoms with Gasteiger partial charge in [-0.05, 0) is 57.4 Å². The number of hydrogen-bond acceptors (Lipinski definition) is 3. The van der Waals surface area contributed by atoms with Crippen molar-refractivity contribution in [2.24, 2.45) is 11.8 Å². The summed E-state index contributed by atoms with van der Waals surface area (Å²) in [5.74, 6) is 1.78. The van der Waals surface area contributed by atoms with Crippen molar-refractivity contribution in [3.05, 3.63) is 48.6 Å². The predicted octanol–water partition coefficient (Wildman–Crippen LogP) is 6.08. The van der Waals surface area contributed by atoms with Gasteiger partial charge in [-0.3, -0.25) is 4.79 Å². The fourth-order valence-electron chi connectivity index (χ4n) is 3.12. The topological polar surface area (TPSA) is 35.5 Å². The van der Waals surface area contributed by atoms with Crippen LogP contribution in [-0.2, 0) is 15.9 Å². The third-order valence-corrected chi connectivity index (χ3v) is 4.58. The van der Waals surface area contributed by atoms with Crippen LogP contribution in [0.2, 0.25) is 0 Å². The maximum atomic E-state index is 10.5. The Morgan fingerprint density at radius 1 is 1.04 bits per heavy atom. The summed E-state index contributed by atoms with van der Waals surface area (Å²) in [5.41, 5.74) is 2.16. The summed E-state index contributed by atoms with van der Waals surface area (Å²) in [5, 5.41) is 0. The molecule has 1 aromatic rings. The van der Waals surface area contributed by atoms with Gasteiger partial charge < -0.3 is 9.47 Å². The van der Waals surface area contributed by atoms with Gasteiger partial charge in [0.1, 0.15) is 6.29 Å². The van der Waals surface area contributed by atoms with Crippen molar-refractivity contribution < 1.29 is 14.3 Å². The minimum absolute atomic E-state index is 0.0370. The van der Waals surface area contributed by atoms with Crippen molar-refractivity contribution in [1.29, 1.82) is 0 Å². The Morgan fingerprint density at radius 3 is 1.96 bits per heavy atom. The molecule has 1 fully saturated rings. The van der Waals surface area contributed by atoms with Gasteiger partial charge in [-0.2, -0.15) is 0 Å². The molecule has 0 unspecified atom stereocenters. The highest BCUT2D eigenvalue weighted by molar-refractivity contribution is 5.74. The van der Waals surface area contributed by atoms with E-state index in [9.17, 15) is 4.79 Å². The van der Waals surface area contributed by atoms with E-state index >= 15 is 0 Å². The van der Waals surface area contributed by atoms with E-state index in [4.69, 9.17) is 9.47 Å². The van der Waals surface area contributed by atoms with Crippen LogP contribution in [0.1, 0.15) is 69.3 Å². The van der Waals surface area contributed by atoms with Gasteiger partial charge in [0, 0.05) is 18.8 Å². The summed E-state index contributed by atoms with van der Waals surface area (Å²) in [6.45, 7) is 15.6. The van der Waals surface area contributed by atoms with Gasteiger partial charge in [0.15, 0.2) is 6.29 Å². The first-order valence-corrected chi connectivity index (χ1v) is 9.86. The van der Waals surface area contributed by atoms with Crippen molar-refractivity contribution >= 4 is 6.29 Å². The molecule has 0 spiro atoms. The van der Waals surface area contributed by atoms with E-state index in [1.807, 2.05) is 32.9 Å². The lowest BCUT2D eigenvalue weighted by Crippen LogP contribution is -2.14. The molecule has 0 aliphatic heterocycles. The summed E-state index contributed by atoms with van der Waals surface area (Å²) in [4.78, 5) is 10.5. The Balaban J connectivity index is 0.000000533. The zero-order valence-corrected chi connectivity index (χ0v) is 17.2. The maximum absolute atomic E-state index is 10.5. The van der Waals surface area contributed by atoms with Crippen LogP contribution in [0, 0.1) is 11.8 Å². The van der Waals surface area contributed by atoms with Crippen LogP contribution in [0.3, 0.4) is 0 Å². The first-order valence-electron chi connectivity index (χ1n) is 9.86. The number of rotatable bonds is 7. The van der Waals surface area contributed by atoms with E-state index in [0.29, 0.717) is 0 Å². The number of carbonyl (C=O) groups is 1. The Morgan fingerprint density at radius 2 is 1.54 bits per heavy atom. The molecule has 0 aromatic heterocycles. The monoisotopic (exact) mass is 362 g/mol. The SMILES string of the molecule is C=C.CC1CCC(Cc2ccc(C=O)cc2)CC1.CCOC(C)OCC. The molecule has 0 radical (unpaired) electrons. The Kier molecular flexibility index (Phi) is 14.9. The molecular weight excluding hydrogens is 324 g/mol. The first-order chi connectivity index (χ1) is 12.6. The van der Waals surface area contributed by atoms with Crippen molar-refractivity contribution in [2.45, 2.75) is 66.1 Å². The third-order valence-electron chi connectivity index (χ3n) is 4.58. The molecule has 2 rings (SSSR count). The predicted molar refractivity (Wildman–Crippen MR) is 111 cm³/mol. The van der Waals surface area contributed by atoms with Crippen LogP contribution in [-0.4, -0.2) is 25.8 Å². The van der Waals surface area contributed by atoms with Crippen molar-refractivity contribution in [1.82, 2.24) is 0 Å². The molecule has 1 saturated carbocycles. The average molecular weight is 363 g/mol. The lowest BCUT2D eigenvalue weighted by molar-refractivity contribution is -0.123. The maximum Gasteiger partial charge on any atom is 0.154 e. The standard InChI is InChI=1S/C15H20O.C6H14O2.C2H4/c1-12-2-4-13(5-3-12)10-14-6-8-15(11-16)9-7-14;1-4-7-6(3)8-5-2;1-2/h6-9,11-13H,2-5,10H2,1H3;6H,4-5H2,1-3H3;1-2H2. The van der Waals surface area contributed by atoms with E-state index in [0.717, 1.165) is 36.9 Å². The van der Waals surface area contributed by atoms with Crippen LogP contribution in [0.4, 0.5) is 0 Å². The molecule has 0 amide bonds. The zero-order chi connectivity index (χ0) is 19.8. The average Bonchev–Trinajstić information content (AvgIpc) is 2.67. The van der Waals surface area contributed by atoms with E-state index in [-0.39, 0.29) is 6.29 Å². The van der Waals surface area contributed by atoms with Crippen molar-refractivity contribution in [2.75, 3.05) is 13.2 Å². The van der Waals surface area contributed by atoms with Gasteiger partial charge in [-0.25, -0.2) is 0 Å². The third kappa shape index (κ3) is 11.2. The molecule has 0 bridgehead atoms. The molecule has 3 heteroatoms. The minimum atomic E-state index is -0.0370. The largest absolute Gasteiger partial charge is 0.353 e. The van der Waals surface area contributed by atoms with Crippen LogP contribution < -0.4 is 0 Å². The van der Waals surface area contributed by atoms with E-state index in [1.165, 1.54) is 37.7 Å². The smallest absolute Gasteiger partial charge is 0.154 e. The van der Waals surface area contributed by atoms with E-state index in [2.05, 4.69) is 32.2 Å². The second-order valence-electron chi connectivity index (χ2n) is 6.67. The molecular formula is C23H38O3. The van der Waals surface area contributed by atoms with Gasteiger partial charge in [-0.15, -0.1) is 13.2 Å². The second kappa shape index (κ2) is 15.8. The summed E-state index contributed by atoms with van der Waals surface area (Å²) in [7, 11) is 0. The van der Waals surface area contributed by atoms with Crippen molar-refractivity contribution in [3.63, 3.8) is 0 Å². The van der Waals surface area contributed by atoms with E-state index < -0.39 is 0 Å². The lowest BCUT2D eigenvalue weighted by Gasteiger charge is -2.26. The Bertz CT molecular complexity index is 441. The first kappa shape index (κ1) is 24.6. The number of ether oxygens (including phenoxy) is 2. The molecule has 0 saturated heterocycles. The highest BCUT2D eigenvalue weighted by atomic mass is 16.7. The molecule has 0 heterocycles. The Labute approximate surface area is 160 Å². The molecule has 1 aliphatic carbocycles. The molecule has 1 aromatic carbocycles. The molecule has 3 nitrogen and oxygen atoms in total. The fraction of sp³-hybridized carbons (Fsp3) is 0.609. The highest BCUT2D eigenvalue weighted by Crippen LogP contribution is 2.30. The lowest BCUT2D eigenvalue weighted by atomic mass is 9.80. The van der Waals surface area contributed by atoms with Gasteiger partial charge >= 0.3 is 0 Å². The Hall–Kier alpha value is -1.45. The van der Waals surface area contributed by atoms with Gasteiger partial charge in [0.05, 0.1) is 0 Å². The van der Waals surface area contributed by atoms with Crippen LogP contribution >= 0.6 is 0 Å². The van der Waals surface area contributed by atoms with Gasteiger partial charge in [0.25, 0.3) is 0 Å². The number of aldehydes is 1. The normalized spacial score (nSPS) is 19.0. The quantitative estimate of drug-likeness (QED) is 0.335. The molecule has 0 N–H and O–H groups in total. The zero-order valence-electron chi connectivity index (χ0n) is 17.2. The summed E-state index contributed by atoms with van der Waals surface area (Å²) >= 11 is 0. The second-order valence-corrected chi connectivity index (χ2v) is 6.67. The van der Waals surface area contributed by atoms with E-state index in [1.54, 1.807) is 0 Å². The van der Waals surface area contributed by atoms with Crippen LogP contribution in [0.25, 0.3) is 0 Å².